The molecule has 1 saturated carbocycles. The number of rotatable bonds is 12. The van der Waals surface area contributed by atoms with Gasteiger partial charge in [0.1, 0.15) is 23.4 Å². The zero-order valence-corrected chi connectivity index (χ0v) is 25.5. The molecule has 2 aliphatic rings. The molecule has 0 spiro atoms. The molecule has 0 radical (unpaired) electrons. The third-order valence-electron chi connectivity index (χ3n) is 8.21. The van der Waals surface area contributed by atoms with E-state index in [2.05, 4.69) is 25.1 Å². The minimum absolute atomic E-state index is 0.0533. The molecule has 1 saturated heterocycles. The maximum Gasteiger partial charge on any atom is 0.573 e. The van der Waals surface area contributed by atoms with E-state index in [0.29, 0.717) is 56.8 Å². The third-order valence-corrected chi connectivity index (χ3v) is 8.21. The van der Waals surface area contributed by atoms with Crippen LogP contribution >= 0.6 is 0 Å². The average molecular weight is 648 g/mol. The van der Waals surface area contributed by atoms with Crippen LogP contribution in [0.4, 0.5) is 17.6 Å². The third kappa shape index (κ3) is 9.18. The summed E-state index contributed by atoms with van der Waals surface area (Å²) in [5.74, 6) is -0.240. The number of halogens is 4. The fraction of sp³-hybridized carbons (Fsp3) is 0.500. The second kappa shape index (κ2) is 14.9. The second-order valence-corrected chi connectivity index (χ2v) is 11.6. The molecule has 248 valence electrons. The molecule has 1 atom stereocenters. The summed E-state index contributed by atoms with van der Waals surface area (Å²) in [6, 6.07) is 8.39. The molecule has 2 aromatic carbocycles. The Morgan fingerprint density at radius 1 is 1.07 bits per heavy atom. The molecular formula is C32H37F4N5O5. The maximum atomic E-state index is 14.8. The summed E-state index contributed by atoms with van der Waals surface area (Å²) in [5, 5.41) is 6.51. The summed E-state index contributed by atoms with van der Waals surface area (Å²) in [4.78, 5) is 33.7. The summed E-state index contributed by atoms with van der Waals surface area (Å²) in [5.41, 5.74) is 0.210. The van der Waals surface area contributed by atoms with E-state index in [1.807, 2.05) is 0 Å². The molecule has 2 heterocycles. The molecule has 10 nitrogen and oxygen atoms in total. The minimum Gasteiger partial charge on any atom is -0.493 e. The van der Waals surface area contributed by atoms with E-state index in [1.54, 1.807) is 17.0 Å². The number of hydrogen-bond donors (Lipinski definition) is 1. The molecule has 2 fully saturated rings. The highest BCUT2D eigenvalue weighted by molar-refractivity contribution is 5.97. The Balaban J connectivity index is 1.00. The number of nitrogens with zero attached hydrogens (tertiary/aromatic N) is 4. The second-order valence-electron chi connectivity index (χ2n) is 11.6. The number of piperazine rings is 1. The van der Waals surface area contributed by atoms with E-state index in [4.69, 9.17) is 9.26 Å². The molecule has 1 N–H and O–H groups in total. The van der Waals surface area contributed by atoms with E-state index in [9.17, 15) is 27.2 Å². The van der Waals surface area contributed by atoms with Crippen molar-refractivity contribution in [2.24, 2.45) is 5.92 Å². The predicted octanol–water partition coefficient (Wildman–Crippen LogP) is 5.24. The number of aromatic nitrogens is 2. The highest BCUT2D eigenvalue weighted by atomic mass is 19.4. The molecule has 46 heavy (non-hydrogen) atoms. The van der Waals surface area contributed by atoms with Crippen LogP contribution in [0.15, 0.2) is 47.0 Å². The fourth-order valence-corrected chi connectivity index (χ4v) is 5.80. The number of alkyl halides is 3. The summed E-state index contributed by atoms with van der Waals surface area (Å²) >= 11 is 0. The van der Waals surface area contributed by atoms with Gasteiger partial charge in [0.25, 0.3) is 5.91 Å². The highest BCUT2D eigenvalue weighted by Crippen LogP contribution is 2.29. The van der Waals surface area contributed by atoms with E-state index in [-0.39, 0.29) is 22.9 Å². The zero-order valence-electron chi connectivity index (χ0n) is 25.5. The van der Waals surface area contributed by atoms with Crippen LogP contribution < -0.4 is 14.8 Å². The van der Waals surface area contributed by atoms with Crippen molar-refractivity contribution in [1.29, 1.82) is 0 Å². The Kier molecular flexibility index (Phi) is 10.8. The molecule has 1 aliphatic heterocycles. The summed E-state index contributed by atoms with van der Waals surface area (Å²) in [7, 11) is 0. The van der Waals surface area contributed by atoms with Gasteiger partial charge in [0.2, 0.25) is 17.6 Å². The summed E-state index contributed by atoms with van der Waals surface area (Å²) < 4.78 is 67.3. The van der Waals surface area contributed by atoms with Crippen molar-refractivity contribution in [2.75, 3.05) is 39.3 Å². The van der Waals surface area contributed by atoms with Crippen LogP contribution in [-0.4, -0.2) is 83.5 Å². The Morgan fingerprint density at radius 3 is 2.54 bits per heavy atom. The number of nitrogens with one attached hydrogen (secondary N) is 1. The Morgan fingerprint density at radius 2 is 1.83 bits per heavy atom. The van der Waals surface area contributed by atoms with Crippen molar-refractivity contribution < 1.29 is 41.1 Å². The topological polar surface area (TPSA) is 110 Å². The van der Waals surface area contributed by atoms with Crippen molar-refractivity contribution in [2.45, 2.75) is 57.9 Å². The number of carbonyl (C=O) groups is 2. The molecule has 3 aromatic rings. The van der Waals surface area contributed by atoms with Crippen LogP contribution in [0.5, 0.6) is 11.5 Å². The van der Waals surface area contributed by atoms with Gasteiger partial charge in [0, 0.05) is 50.8 Å². The van der Waals surface area contributed by atoms with Crippen LogP contribution in [-0.2, 0) is 11.2 Å². The van der Waals surface area contributed by atoms with Gasteiger partial charge in [-0.3, -0.25) is 14.5 Å². The lowest BCUT2D eigenvalue weighted by molar-refractivity contribution is -0.274. The molecule has 0 bridgehead atoms. The minimum atomic E-state index is -4.88. The van der Waals surface area contributed by atoms with Crippen molar-refractivity contribution >= 4 is 11.8 Å². The molecule has 0 unspecified atom stereocenters. The van der Waals surface area contributed by atoms with Gasteiger partial charge in [-0.1, -0.05) is 24.1 Å². The van der Waals surface area contributed by atoms with E-state index in [1.165, 1.54) is 38.0 Å². The van der Waals surface area contributed by atoms with Crippen LogP contribution in [0.3, 0.4) is 0 Å². The SMILES string of the molecule is C[C@@H](NC(=O)c1cccc(OC(F)(F)F)c1)C(=O)N1CCN(CCCOc2ccc(-c3noc(CC4CCCC4)n3)c(F)c2)CC1. The first-order valence-corrected chi connectivity index (χ1v) is 15.5. The first kappa shape index (κ1) is 33.2. The van der Waals surface area contributed by atoms with Gasteiger partial charge in [-0.05, 0) is 62.4 Å². The quantitative estimate of drug-likeness (QED) is 0.210. The van der Waals surface area contributed by atoms with Gasteiger partial charge in [0.15, 0.2) is 0 Å². The highest BCUT2D eigenvalue weighted by Gasteiger charge is 2.31. The summed E-state index contributed by atoms with van der Waals surface area (Å²) in [6.45, 7) is 4.80. The summed E-state index contributed by atoms with van der Waals surface area (Å²) in [6.07, 6.45) is 1.29. The predicted molar refractivity (Wildman–Crippen MR) is 159 cm³/mol. The molecule has 1 aromatic heterocycles. The van der Waals surface area contributed by atoms with E-state index >= 15 is 0 Å². The average Bonchev–Trinajstić information content (AvgIpc) is 3.71. The Labute approximate surface area is 264 Å². The zero-order chi connectivity index (χ0) is 32.7. The number of ether oxygens (including phenoxy) is 2. The monoisotopic (exact) mass is 647 g/mol. The van der Waals surface area contributed by atoms with Crippen LogP contribution in [0.25, 0.3) is 11.4 Å². The van der Waals surface area contributed by atoms with Gasteiger partial charge >= 0.3 is 6.36 Å². The van der Waals surface area contributed by atoms with Crippen molar-refractivity contribution in [3.63, 3.8) is 0 Å². The largest absolute Gasteiger partial charge is 0.573 e. The number of hydrogen-bond acceptors (Lipinski definition) is 8. The van der Waals surface area contributed by atoms with Crippen molar-refractivity contribution in [3.8, 4) is 22.9 Å². The van der Waals surface area contributed by atoms with E-state index < -0.39 is 29.9 Å². The van der Waals surface area contributed by atoms with Crippen molar-refractivity contribution in [1.82, 2.24) is 25.3 Å². The molecule has 2 amide bonds. The number of amides is 2. The first-order chi connectivity index (χ1) is 22.0. The van der Waals surface area contributed by atoms with Gasteiger partial charge in [-0.25, -0.2) is 4.39 Å². The van der Waals surface area contributed by atoms with E-state index in [0.717, 1.165) is 37.9 Å². The number of benzene rings is 2. The van der Waals surface area contributed by atoms with Gasteiger partial charge in [0.05, 0.1) is 12.2 Å². The first-order valence-electron chi connectivity index (χ1n) is 15.5. The molecule has 5 rings (SSSR count). The fourth-order valence-electron chi connectivity index (χ4n) is 5.80. The lowest BCUT2D eigenvalue weighted by Gasteiger charge is -2.36. The maximum absolute atomic E-state index is 14.8. The van der Waals surface area contributed by atoms with Gasteiger partial charge in [-0.15, -0.1) is 13.2 Å². The van der Waals surface area contributed by atoms with Crippen LogP contribution in [0.1, 0.15) is 55.3 Å². The molecule has 14 heteroatoms. The smallest absolute Gasteiger partial charge is 0.493 e. The van der Waals surface area contributed by atoms with Crippen LogP contribution in [0.2, 0.25) is 0 Å². The Hall–Kier alpha value is -4.20. The Bertz CT molecular complexity index is 1490. The van der Waals surface area contributed by atoms with Gasteiger partial charge < -0.3 is 24.2 Å². The van der Waals surface area contributed by atoms with Crippen molar-refractivity contribution in [3.05, 3.63) is 59.7 Å². The van der Waals surface area contributed by atoms with Crippen LogP contribution in [0, 0.1) is 11.7 Å². The normalized spacial score (nSPS) is 16.8. The lowest BCUT2D eigenvalue weighted by Crippen LogP contribution is -2.54. The van der Waals surface area contributed by atoms with Gasteiger partial charge in [-0.2, -0.15) is 4.98 Å². The lowest BCUT2D eigenvalue weighted by atomic mass is 10.0. The molecular weight excluding hydrogens is 610 g/mol. The number of carbonyl (C=O) groups excluding carboxylic acids is 2. The molecule has 1 aliphatic carbocycles. The standard InChI is InChI=1S/C32H37F4N5O5/c1-21(37-30(42)23-8-4-9-25(19-23)45-32(34,35)36)31(43)41-15-13-40(14-16-41)12-5-17-44-24-10-11-26(27(33)20-24)29-38-28(46-39-29)18-22-6-2-3-7-22/h4,8-11,19-22H,2-3,5-7,12-18H2,1H3,(H,37,42)/t21-/m1/s1.